The lowest BCUT2D eigenvalue weighted by Crippen LogP contribution is -2.55. The highest BCUT2D eigenvalue weighted by Gasteiger charge is 2.36. The average molecular weight is 329 g/mol. The Balaban J connectivity index is 1.56. The van der Waals surface area contributed by atoms with E-state index in [2.05, 4.69) is 22.4 Å². The molecule has 1 aromatic heterocycles. The van der Waals surface area contributed by atoms with Gasteiger partial charge in [-0.05, 0) is 50.9 Å². The fourth-order valence-electron chi connectivity index (χ4n) is 4.39. The first-order valence-electron chi connectivity index (χ1n) is 8.68. The number of carbonyl (C=O) groups is 1. The van der Waals surface area contributed by atoms with Gasteiger partial charge in [0.1, 0.15) is 5.82 Å². The van der Waals surface area contributed by atoms with Crippen LogP contribution < -0.4 is 5.32 Å². The van der Waals surface area contributed by atoms with Gasteiger partial charge < -0.3 is 10.2 Å². The molecule has 2 fully saturated rings. The molecule has 5 nitrogen and oxygen atoms in total. The molecule has 128 valence electrons. The molecule has 1 amide bonds. The molecule has 1 aromatic carbocycles. The van der Waals surface area contributed by atoms with Crippen molar-refractivity contribution < 1.29 is 9.18 Å². The molecular formula is C18H23FN4O. The van der Waals surface area contributed by atoms with Crippen molar-refractivity contribution in [1.29, 1.82) is 0 Å². The Morgan fingerprint density at radius 1 is 1.25 bits per heavy atom. The number of halogens is 1. The number of hydrogen-bond acceptors (Lipinski definition) is 3. The first-order chi connectivity index (χ1) is 11.5. The monoisotopic (exact) mass is 329 g/mol. The normalized spacial score (nSPS) is 27.4. The summed E-state index contributed by atoms with van der Waals surface area (Å²) in [6.07, 6.45) is 5.66. The number of rotatable bonds is 2. The van der Waals surface area contributed by atoms with E-state index in [1.54, 1.807) is 17.8 Å². The minimum Gasteiger partial charge on any atom is -0.348 e. The van der Waals surface area contributed by atoms with Crippen molar-refractivity contribution >= 4 is 16.8 Å². The van der Waals surface area contributed by atoms with Crippen LogP contribution in [0.15, 0.2) is 18.2 Å². The summed E-state index contributed by atoms with van der Waals surface area (Å²) in [7, 11) is 3.97. The second kappa shape index (κ2) is 5.84. The standard InChI is InChI=1S/C18H23FN4O/c1-22-13-4-3-5-14(22)10-12(9-13)20-18(24)17-15-8-11(19)6-7-16(15)23(2)21-17/h6-8,12-14H,3-5,9-10H2,1-2H3,(H,20,24)/i19-1. The summed E-state index contributed by atoms with van der Waals surface area (Å²) in [5, 5.41) is 8.03. The summed E-state index contributed by atoms with van der Waals surface area (Å²) in [6, 6.07) is 5.73. The van der Waals surface area contributed by atoms with Gasteiger partial charge in [0.25, 0.3) is 5.91 Å². The van der Waals surface area contributed by atoms with E-state index in [9.17, 15) is 9.18 Å². The zero-order chi connectivity index (χ0) is 16.8. The summed E-state index contributed by atoms with van der Waals surface area (Å²) in [4.78, 5) is 15.2. The van der Waals surface area contributed by atoms with Crippen molar-refractivity contribution in [3.05, 3.63) is 29.7 Å². The zero-order valence-corrected chi connectivity index (χ0v) is 14.1. The van der Waals surface area contributed by atoms with Crippen LogP contribution in [-0.2, 0) is 7.05 Å². The molecule has 2 unspecified atom stereocenters. The number of nitrogens with one attached hydrogen (secondary N) is 1. The van der Waals surface area contributed by atoms with E-state index in [-0.39, 0.29) is 17.8 Å². The molecule has 0 aliphatic carbocycles. The minimum absolute atomic E-state index is 0.176. The van der Waals surface area contributed by atoms with Crippen LogP contribution in [0.1, 0.15) is 42.6 Å². The Hall–Kier alpha value is -1.95. The second-order valence-electron chi connectivity index (χ2n) is 7.18. The predicted octanol–water partition coefficient (Wildman–Crippen LogP) is 2.46. The van der Waals surface area contributed by atoms with Crippen LogP contribution in [0.25, 0.3) is 10.9 Å². The molecule has 2 aliphatic rings. The van der Waals surface area contributed by atoms with Crippen LogP contribution in [0.5, 0.6) is 0 Å². The lowest BCUT2D eigenvalue weighted by atomic mass is 9.82. The van der Waals surface area contributed by atoms with E-state index >= 15 is 0 Å². The van der Waals surface area contributed by atoms with Gasteiger partial charge in [0.05, 0.1) is 5.52 Å². The van der Waals surface area contributed by atoms with Gasteiger partial charge >= 0.3 is 0 Å². The number of aromatic nitrogens is 2. The smallest absolute Gasteiger partial charge is 0.272 e. The topological polar surface area (TPSA) is 50.2 Å². The number of hydrogen-bond donors (Lipinski definition) is 1. The molecule has 0 spiro atoms. The van der Waals surface area contributed by atoms with Crippen molar-refractivity contribution in [3.63, 3.8) is 0 Å². The van der Waals surface area contributed by atoms with Crippen LogP contribution in [0.2, 0.25) is 0 Å². The molecule has 24 heavy (non-hydrogen) atoms. The summed E-state index contributed by atoms with van der Waals surface area (Å²) in [6.45, 7) is 0. The van der Waals surface area contributed by atoms with Gasteiger partial charge in [-0.15, -0.1) is 0 Å². The molecule has 0 radical (unpaired) electrons. The Labute approximate surface area is 140 Å². The lowest BCUT2D eigenvalue weighted by molar-refractivity contribution is 0.0462. The molecule has 1 N–H and O–H groups in total. The molecule has 2 bridgehead atoms. The Morgan fingerprint density at radius 3 is 2.67 bits per heavy atom. The first-order valence-corrected chi connectivity index (χ1v) is 8.68. The number of benzene rings is 1. The summed E-state index contributed by atoms with van der Waals surface area (Å²) < 4.78 is 15.2. The molecule has 3 heterocycles. The molecule has 6 heteroatoms. The predicted molar refractivity (Wildman–Crippen MR) is 90.4 cm³/mol. The van der Waals surface area contributed by atoms with Crippen molar-refractivity contribution in [3.8, 4) is 0 Å². The van der Waals surface area contributed by atoms with Gasteiger partial charge in [-0.25, -0.2) is 4.39 Å². The van der Waals surface area contributed by atoms with E-state index in [1.165, 1.54) is 31.4 Å². The fourth-order valence-corrected chi connectivity index (χ4v) is 4.39. The van der Waals surface area contributed by atoms with Gasteiger partial charge in [0, 0.05) is 30.6 Å². The number of fused-ring (bicyclic) bond motifs is 3. The fraction of sp³-hybridized carbons (Fsp3) is 0.556. The van der Waals surface area contributed by atoms with Gasteiger partial charge in [-0.2, -0.15) is 5.10 Å². The third kappa shape index (κ3) is 2.59. The van der Waals surface area contributed by atoms with E-state index in [1.807, 2.05) is 0 Å². The molecule has 2 aliphatic heterocycles. The molecule has 2 aromatic rings. The molecule has 4 rings (SSSR count). The van der Waals surface area contributed by atoms with Gasteiger partial charge in [-0.1, -0.05) is 6.42 Å². The Morgan fingerprint density at radius 2 is 1.96 bits per heavy atom. The molecule has 2 atom stereocenters. The summed E-state index contributed by atoms with van der Waals surface area (Å²) in [5.74, 6) is -0.544. The van der Waals surface area contributed by atoms with Crippen LogP contribution >= 0.6 is 0 Å². The van der Waals surface area contributed by atoms with E-state index in [4.69, 9.17) is 0 Å². The molecule has 2 saturated heterocycles. The van der Waals surface area contributed by atoms with E-state index < -0.39 is 0 Å². The van der Waals surface area contributed by atoms with Crippen molar-refractivity contribution in [2.75, 3.05) is 7.05 Å². The molecular weight excluding hydrogens is 306 g/mol. The highest BCUT2D eigenvalue weighted by atomic mass is 18.2. The highest BCUT2D eigenvalue weighted by molar-refractivity contribution is 6.05. The quantitative estimate of drug-likeness (QED) is 0.921. The SMILES string of the molecule is CN1C2CCCC1CC(NC(=O)c1nn(C)c3ccc([18F])cc13)C2. The average Bonchev–Trinajstić information content (AvgIpc) is 2.85. The zero-order valence-electron chi connectivity index (χ0n) is 14.1. The maximum absolute atomic E-state index is 13.6. The van der Waals surface area contributed by atoms with Gasteiger partial charge in [0.15, 0.2) is 5.69 Å². The van der Waals surface area contributed by atoms with Crippen LogP contribution in [0, 0.1) is 5.82 Å². The lowest BCUT2D eigenvalue weighted by Gasteiger charge is -2.47. The Bertz CT molecular complexity index is 773. The number of nitrogens with zero attached hydrogens (tertiary/aromatic N) is 3. The first kappa shape index (κ1) is 15.6. The minimum atomic E-state index is -0.349. The maximum Gasteiger partial charge on any atom is 0.272 e. The highest BCUT2D eigenvalue weighted by Crippen LogP contribution is 2.32. The van der Waals surface area contributed by atoms with Gasteiger partial charge in [-0.3, -0.25) is 9.48 Å². The van der Waals surface area contributed by atoms with Crippen LogP contribution in [0.3, 0.4) is 0 Å². The maximum atomic E-state index is 13.6. The number of carbonyl (C=O) groups excluding carboxylic acids is 1. The van der Waals surface area contributed by atoms with Gasteiger partial charge in [0.2, 0.25) is 0 Å². The molecule has 0 saturated carbocycles. The summed E-state index contributed by atoms with van der Waals surface area (Å²) >= 11 is 0. The van der Waals surface area contributed by atoms with E-state index in [0.29, 0.717) is 23.2 Å². The number of aryl methyl sites for hydroxylation is 1. The van der Waals surface area contributed by atoms with Crippen molar-refractivity contribution in [1.82, 2.24) is 20.0 Å². The second-order valence-corrected chi connectivity index (χ2v) is 7.18. The van der Waals surface area contributed by atoms with Crippen molar-refractivity contribution in [2.24, 2.45) is 7.05 Å². The van der Waals surface area contributed by atoms with Crippen LogP contribution in [-0.4, -0.2) is 45.8 Å². The Kier molecular flexibility index (Phi) is 3.79. The third-order valence-electron chi connectivity index (χ3n) is 5.70. The largest absolute Gasteiger partial charge is 0.348 e. The summed E-state index contributed by atoms with van der Waals surface area (Å²) in [5.41, 5.74) is 1.08. The van der Waals surface area contributed by atoms with E-state index in [0.717, 1.165) is 18.4 Å². The number of amides is 1. The number of piperidine rings is 2. The van der Waals surface area contributed by atoms with Crippen LogP contribution in [0.4, 0.5) is 4.39 Å². The van der Waals surface area contributed by atoms with Crippen molar-refractivity contribution in [2.45, 2.75) is 50.2 Å². The third-order valence-corrected chi connectivity index (χ3v) is 5.70.